The summed E-state index contributed by atoms with van der Waals surface area (Å²) in [6.07, 6.45) is 5.60. The molecule has 6 heteroatoms. The topological polar surface area (TPSA) is 70.2 Å². The SMILES string of the molecule is O=C(NCc1ccccc1)c1cnc(Nc2ccc(N3CCCC3)cc2)nc1. The zero-order chi connectivity index (χ0) is 19.2. The van der Waals surface area contributed by atoms with E-state index in [0.29, 0.717) is 18.1 Å². The number of aromatic nitrogens is 2. The number of hydrogen-bond acceptors (Lipinski definition) is 5. The molecule has 1 amide bonds. The molecule has 4 rings (SSSR count). The summed E-state index contributed by atoms with van der Waals surface area (Å²) in [5.41, 5.74) is 3.65. The van der Waals surface area contributed by atoms with E-state index in [1.54, 1.807) is 0 Å². The summed E-state index contributed by atoms with van der Waals surface area (Å²) >= 11 is 0. The van der Waals surface area contributed by atoms with Crippen LogP contribution >= 0.6 is 0 Å². The van der Waals surface area contributed by atoms with Gasteiger partial charge in [0, 0.05) is 43.4 Å². The highest BCUT2D eigenvalue weighted by atomic mass is 16.1. The van der Waals surface area contributed by atoms with Gasteiger partial charge in [-0.05, 0) is 42.7 Å². The van der Waals surface area contributed by atoms with Crippen LogP contribution in [0.15, 0.2) is 67.0 Å². The van der Waals surface area contributed by atoms with Gasteiger partial charge in [-0.2, -0.15) is 0 Å². The van der Waals surface area contributed by atoms with Crippen molar-refractivity contribution in [1.29, 1.82) is 0 Å². The number of nitrogens with one attached hydrogen (secondary N) is 2. The summed E-state index contributed by atoms with van der Waals surface area (Å²) in [6.45, 7) is 2.73. The van der Waals surface area contributed by atoms with Crippen molar-refractivity contribution in [3.05, 3.63) is 78.1 Å². The third kappa shape index (κ3) is 4.46. The number of rotatable bonds is 6. The molecule has 0 unspecified atom stereocenters. The summed E-state index contributed by atoms with van der Waals surface area (Å²) in [4.78, 5) is 23.1. The van der Waals surface area contributed by atoms with Gasteiger partial charge in [0.25, 0.3) is 5.91 Å². The van der Waals surface area contributed by atoms with Crippen molar-refractivity contribution in [2.45, 2.75) is 19.4 Å². The Morgan fingerprint density at radius 3 is 2.29 bits per heavy atom. The summed E-state index contributed by atoms with van der Waals surface area (Å²) in [7, 11) is 0. The van der Waals surface area contributed by atoms with Gasteiger partial charge in [-0.15, -0.1) is 0 Å². The average molecular weight is 373 g/mol. The van der Waals surface area contributed by atoms with Crippen molar-refractivity contribution in [1.82, 2.24) is 15.3 Å². The van der Waals surface area contributed by atoms with E-state index in [2.05, 4.69) is 37.6 Å². The second-order valence-electron chi connectivity index (χ2n) is 6.83. The Labute approximate surface area is 164 Å². The van der Waals surface area contributed by atoms with Gasteiger partial charge in [-0.3, -0.25) is 4.79 Å². The highest BCUT2D eigenvalue weighted by molar-refractivity contribution is 5.93. The molecule has 1 fully saturated rings. The van der Waals surface area contributed by atoms with Crippen LogP contribution in [-0.4, -0.2) is 29.0 Å². The van der Waals surface area contributed by atoms with Gasteiger partial charge in [-0.25, -0.2) is 9.97 Å². The minimum absolute atomic E-state index is 0.189. The number of nitrogens with zero attached hydrogens (tertiary/aromatic N) is 3. The van der Waals surface area contributed by atoms with E-state index >= 15 is 0 Å². The third-order valence-electron chi connectivity index (χ3n) is 4.80. The molecule has 1 aromatic heterocycles. The van der Waals surface area contributed by atoms with Gasteiger partial charge >= 0.3 is 0 Å². The molecule has 3 aromatic rings. The van der Waals surface area contributed by atoms with E-state index in [1.807, 2.05) is 42.5 Å². The Hall–Kier alpha value is -3.41. The van der Waals surface area contributed by atoms with E-state index in [4.69, 9.17) is 0 Å². The van der Waals surface area contributed by atoms with Gasteiger partial charge in [-0.1, -0.05) is 30.3 Å². The lowest BCUT2D eigenvalue weighted by Gasteiger charge is -2.17. The van der Waals surface area contributed by atoms with Crippen LogP contribution in [0.3, 0.4) is 0 Å². The first-order chi connectivity index (χ1) is 13.8. The fourth-order valence-electron chi connectivity index (χ4n) is 3.25. The molecule has 2 N–H and O–H groups in total. The predicted molar refractivity (Wildman–Crippen MR) is 111 cm³/mol. The first kappa shape index (κ1) is 18.0. The van der Waals surface area contributed by atoms with Crippen molar-refractivity contribution >= 4 is 23.2 Å². The highest BCUT2D eigenvalue weighted by Gasteiger charge is 2.12. The van der Waals surface area contributed by atoms with Crippen LogP contribution in [0.25, 0.3) is 0 Å². The lowest BCUT2D eigenvalue weighted by atomic mass is 10.2. The normalized spacial score (nSPS) is 13.4. The minimum Gasteiger partial charge on any atom is -0.372 e. The van der Waals surface area contributed by atoms with E-state index in [0.717, 1.165) is 24.3 Å². The average Bonchev–Trinajstić information content (AvgIpc) is 3.29. The number of carbonyl (C=O) groups excluding carboxylic acids is 1. The fourth-order valence-corrected chi connectivity index (χ4v) is 3.25. The van der Waals surface area contributed by atoms with Crippen molar-refractivity contribution in [2.75, 3.05) is 23.3 Å². The minimum atomic E-state index is -0.189. The third-order valence-corrected chi connectivity index (χ3v) is 4.80. The van der Waals surface area contributed by atoms with Crippen LogP contribution < -0.4 is 15.5 Å². The maximum absolute atomic E-state index is 12.2. The molecule has 0 atom stereocenters. The van der Waals surface area contributed by atoms with Gasteiger partial charge in [0.15, 0.2) is 0 Å². The van der Waals surface area contributed by atoms with Gasteiger partial charge in [0.05, 0.1) is 5.56 Å². The number of amides is 1. The summed E-state index contributed by atoms with van der Waals surface area (Å²) in [5.74, 6) is 0.277. The molecule has 2 aromatic carbocycles. The number of hydrogen-bond donors (Lipinski definition) is 2. The molecule has 1 saturated heterocycles. The molecule has 0 aliphatic carbocycles. The Morgan fingerprint density at radius 2 is 1.61 bits per heavy atom. The van der Waals surface area contributed by atoms with Crippen LogP contribution in [0, 0.1) is 0 Å². The Morgan fingerprint density at radius 1 is 0.929 bits per heavy atom. The Bertz CT molecular complexity index is 904. The van der Waals surface area contributed by atoms with Crippen LogP contribution in [0.5, 0.6) is 0 Å². The van der Waals surface area contributed by atoms with Crippen LogP contribution in [0.1, 0.15) is 28.8 Å². The lowest BCUT2D eigenvalue weighted by Crippen LogP contribution is -2.23. The molecule has 0 spiro atoms. The Balaban J connectivity index is 1.33. The summed E-state index contributed by atoms with van der Waals surface area (Å²) in [6, 6.07) is 18.1. The second-order valence-corrected chi connectivity index (χ2v) is 6.83. The second kappa shape index (κ2) is 8.52. The van der Waals surface area contributed by atoms with E-state index in [-0.39, 0.29) is 5.91 Å². The maximum Gasteiger partial charge on any atom is 0.254 e. The lowest BCUT2D eigenvalue weighted by molar-refractivity contribution is 0.0950. The monoisotopic (exact) mass is 373 g/mol. The molecule has 1 aliphatic heterocycles. The smallest absolute Gasteiger partial charge is 0.254 e. The number of carbonyl (C=O) groups is 1. The van der Waals surface area contributed by atoms with Crippen molar-refractivity contribution in [3.63, 3.8) is 0 Å². The molecule has 28 heavy (non-hydrogen) atoms. The van der Waals surface area contributed by atoms with Crippen molar-refractivity contribution in [3.8, 4) is 0 Å². The van der Waals surface area contributed by atoms with Crippen LogP contribution in [0.4, 0.5) is 17.3 Å². The molecule has 142 valence electrons. The molecule has 1 aliphatic rings. The largest absolute Gasteiger partial charge is 0.372 e. The van der Waals surface area contributed by atoms with E-state index < -0.39 is 0 Å². The highest BCUT2D eigenvalue weighted by Crippen LogP contribution is 2.23. The standard InChI is InChI=1S/C22H23N5O/c28-21(23-14-17-6-2-1-3-7-17)18-15-24-22(25-16-18)26-19-8-10-20(11-9-19)27-12-4-5-13-27/h1-3,6-11,15-16H,4-5,12-14H2,(H,23,28)(H,24,25,26). The zero-order valence-corrected chi connectivity index (χ0v) is 15.6. The summed E-state index contributed by atoms with van der Waals surface area (Å²) in [5, 5.41) is 6.05. The molecule has 0 bridgehead atoms. The quantitative estimate of drug-likeness (QED) is 0.689. The summed E-state index contributed by atoms with van der Waals surface area (Å²) < 4.78 is 0. The number of anilines is 3. The van der Waals surface area contributed by atoms with E-state index in [9.17, 15) is 4.79 Å². The Kier molecular flexibility index (Phi) is 5.47. The fraction of sp³-hybridized carbons (Fsp3) is 0.227. The molecular formula is C22H23N5O. The van der Waals surface area contributed by atoms with Gasteiger partial charge < -0.3 is 15.5 Å². The first-order valence-corrected chi connectivity index (χ1v) is 9.54. The first-order valence-electron chi connectivity index (χ1n) is 9.54. The molecule has 0 saturated carbocycles. The van der Waals surface area contributed by atoms with Crippen LogP contribution in [0.2, 0.25) is 0 Å². The molecule has 6 nitrogen and oxygen atoms in total. The molecule has 2 heterocycles. The predicted octanol–water partition coefficient (Wildman–Crippen LogP) is 3.75. The maximum atomic E-state index is 12.2. The van der Waals surface area contributed by atoms with Gasteiger partial charge in [0.2, 0.25) is 5.95 Å². The molecular weight excluding hydrogens is 350 g/mol. The van der Waals surface area contributed by atoms with Crippen LogP contribution in [-0.2, 0) is 6.54 Å². The van der Waals surface area contributed by atoms with Crippen molar-refractivity contribution in [2.24, 2.45) is 0 Å². The van der Waals surface area contributed by atoms with Crippen molar-refractivity contribution < 1.29 is 4.79 Å². The molecule has 0 radical (unpaired) electrons. The van der Waals surface area contributed by atoms with Gasteiger partial charge in [0.1, 0.15) is 0 Å². The number of benzene rings is 2. The van der Waals surface area contributed by atoms with E-state index in [1.165, 1.54) is 30.9 Å². The zero-order valence-electron chi connectivity index (χ0n) is 15.6.